The van der Waals surface area contributed by atoms with Gasteiger partial charge in [-0.2, -0.15) is 0 Å². The SMILES string of the molecule is CCCCCCNC(C)CN1CCOCC1. The maximum atomic E-state index is 5.34. The van der Waals surface area contributed by atoms with Crippen molar-refractivity contribution in [3.63, 3.8) is 0 Å². The van der Waals surface area contributed by atoms with E-state index in [1.165, 1.54) is 32.2 Å². The molecule has 0 aliphatic carbocycles. The van der Waals surface area contributed by atoms with Crippen LogP contribution in [0.25, 0.3) is 0 Å². The van der Waals surface area contributed by atoms with E-state index in [2.05, 4.69) is 24.1 Å². The molecule has 1 aliphatic heterocycles. The summed E-state index contributed by atoms with van der Waals surface area (Å²) in [7, 11) is 0. The predicted octanol–water partition coefficient (Wildman–Crippen LogP) is 1.88. The molecule has 1 rings (SSSR count). The van der Waals surface area contributed by atoms with Crippen LogP contribution >= 0.6 is 0 Å². The summed E-state index contributed by atoms with van der Waals surface area (Å²) in [6.45, 7) is 10.9. The topological polar surface area (TPSA) is 24.5 Å². The number of morpholine rings is 1. The van der Waals surface area contributed by atoms with Crippen LogP contribution in [0.2, 0.25) is 0 Å². The molecule has 0 radical (unpaired) electrons. The summed E-state index contributed by atoms with van der Waals surface area (Å²) in [5.41, 5.74) is 0. The lowest BCUT2D eigenvalue weighted by atomic mass is 10.2. The lowest BCUT2D eigenvalue weighted by Gasteiger charge is -2.29. The summed E-state index contributed by atoms with van der Waals surface area (Å²) in [5, 5.41) is 3.61. The van der Waals surface area contributed by atoms with Crippen molar-refractivity contribution in [2.45, 2.75) is 45.6 Å². The first-order valence-electron chi connectivity index (χ1n) is 6.86. The first-order valence-corrected chi connectivity index (χ1v) is 6.86. The van der Waals surface area contributed by atoms with Gasteiger partial charge in [0.05, 0.1) is 13.2 Å². The van der Waals surface area contributed by atoms with E-state index in [0.717, 1.165) is 32.8 Å². The van der Waals surface area contributed by atoms with E-state index in [-0.39, 0.29) is 0 Å². The van der Waals surface area contributed by atoms with Gasteiger partial charge in [-0.3, -0.25) is 4.90 Å². The number of nitrogens with zero attached hydrogens (tertiary/aromatic N) is 1. The summed E-state index contributed by atoms with van der Waals surface area (Å²) < 4.78 is 5.34. The first-order chi connectivity index (χ1) is 7.83. The van der Waals surface area contributed by atoms with Crippen LogP contribution in [0.1, 0.15) is 39.5 Å². The van der Waals surface area contributed by atoms with Crippen LogP contribution in [-0.4, -0.2) is 50.3 Å². The van der Waals surface area contributed by atoms with Gasteiger partial charge in [-0.1, -0.05) is 26.2 Å². The fourth-order valence-corrected chi connectivity index (χ4v) is 2.14. The fourth-order valence-electron chi connectivity index (χ4n) is 2.14. The van der Waals surface area contributed by atoms with Gasteiger partial charge in [-0.25, -0.2) is 0 Å². The molecule has 96 valence electrons. The second-order valence-corrected chi connectivity index (χ2v) is 4.83. The smallest absolute Gasteiger partial charge is 0.0594 e. The van der Waals surface area contributed by atoms with Gasteiger partial charge in [-0.05, 0) is 19.9 Å². The summed E-state index contributed by atoms with van der Waals surface area (Å²) in [5.74, 6) is 0. The van der Waals surface area contributed by atoms with Crippen molar-refractivity contribution < 1.29 is 4.74 Å². The normalized spacial score (nSPS) is 19.9. The fraction of sp³-hybridized carbons (Fsp3) is 1.00. The number of ether oxygens (including phenoxy) is 1. The Labute approximate surface area is 101 Å². The minimum atomic E-state index is 0.611. The van der Waals surface area contributed by atoms with E-state index in [4.69, 9.17) is 4.74 Å². The zero-order valence-corrected chi connectivity index (χ0v) is 11.0. The third kappa shape index (κ3) is 6.46. The summed E-state index contributed by atoms with van der Waals surface area (Å²) in [4.78, 5) is 2.49. The second-order valence-electron chi connectivity index (χ2n) is 4.83. The van der Waals surface area contributed by atoms with Gasteiger partial charge >= 0.3 is 0 Å². The molecule has 16 heavy (non-hydrogen) atoms. The molecule has 0 aromatic rings. The van der Waals surface area contributed by atoms with Crippen LogP contribution in [0, 0.1) is 0 Å². The van der Waals surface area contributed by atoms with E-state index < -0.39 is 0 Å². The highest BCUT2D eigenvalue weighted by atomic mass is 16.5. The Morgan fingerprint density at radius 3 is 2.62 bits per heavy atom. The molecule has 0 saturated carbocycles. The Morgan fingerprint density at radius 1 is 1.19 bits per heavy atom. The maximum absolute atomic E-state index is 5.34. The highest BCUT2D eigenvalue weighted by Crippen LogP contribution is 2.00. The quantitative estimate of drug-likeness (QED) is 0.642. The average molecular weight is 228 g/mol. The Kier molecular flexibility index (Phi) is 7.81. The minimum absolute atomic E-state index is 0.611. The van der Waals surface area contributed by atoms with Gasteiger partial charge in [-0.15, -0.1) is 0 Å². The van der Waals surface area contributed by atoms with Gasteiger partial charge in [0, 0.05) is 25.7 Å². The number of hydrogen-bond donors (Lipinski definition) is 1. The molecular formula is C13H28N2O. The molecule has 1 fully saturated rings. The Morgan fingerprint density at radius 2 is 1.94 bits per heavy atom. The molecule has 1 N–H and O–H groups in total. The van der Waals surface area contributed by atoms with Crippen molar-refractivity contribution in [1.82, 2.24) is 10.2 Å². The van der Waals surface area contributed by atoms with Crippen LogP contribution in [0.4, 0.5) is 0 Å². The Balaban J connectivity index is 1.95. The van der Waals surface area contributed by atoms with Crippen molar-refractivity contribution in [2.24, 2.45) is 0 Å². The monoisotopic (exact) mass is 228 g/mol. The van der Waals surface area contributed by atoms with E-state index >= 15 is 0 Å². The molecule has 3 nitrogen and oxygen atoms in total. The van der Waals surface area contributed by atoms with Crippen LogP contribution in [0.15, 0.2) is 0 Å². The zero-order chi connectivity index (χ0) is 11.6. The Hall–Kier alpha value is -0.120. The summed E-state index contributed by atoms with van der Waals surface area (Å²) >= 11 is 0. The molecule has 3 heteroatoms. The predicted molar refractivity (Wildman–Crippen MR) is 68.9 cm³/mol. The molecule has 1 aliphatic rings. The van der Waals surface area contributed by atoms with Crippen LogP contribution in [0.5, 0.6) is 0 Å². The summed E-state index contributed by atoms with van der Waals surface area (Å²) in [6, 6.07) is 0.611. The van der Waals surface area contributed by atoms with Gasteiger partial charge in [0.1, 0.15) is 0 Å². The lowest BCUT2D eigenvalue weighted by Crippen LogP contribution is -2.44. The maximum Gasteiger partial charge on any atom is 0.0594 e. The molecule has 0 spiro atoms. The lowest BCUT2D eigenvalue weighted by molar-refractivity contribution is 0.0344. The van der Waals surface area contributed by atoms with Crippen molar-refractivity contribution in [3.8, 4) is 0 Å². The molecular weight excluding hydrogens is 200 g/mol. The van der Waals surface area contributed by atoms with Gasteiger partial charge in [0.15, 0.2) is 0 Å². The molecule has 0 amide bonds. The highest BCUT2D eigenvalue weighted by molar-refractivity contribution is 4.69. The molecule has 1 saturated heterocycles. The molecule has 0 aromatic heterocycles. The third-order valence-electron chi connectivity index (χ3n) is 3.16. The van der Waals surface area contributed by atoms with E-state index in [1.807, 2.05) is 0 Å². The molecule has 0 aromatic carbocycles. The number of hydrogen-bond acceptors (Lipinski definition) is 3. The number of nitrogens with one attached hydrogen (secondary N) is 1. The number of unbranched alkanes of at least 4 members (excludes halogenated alkanes) is 3. The van der Waals surface area contributed by atoms with Crippen molar-refractivity contribution in [3.05, 3.63) is 0 Å². The van der Waals surface area contributed by atoms with Crippen molar-refractivity contribution in [2.75, 3.05) is 39.4 Å². The molecule has 0 bridgehead atoms. The zero-order valence-electron chi connectivity index (χ0n) is 11.0. The number of rotatable bonds is 8. The summed E-state index contributed by atoms with van der Waals surface area (Å²) in [6.07, 6.45) is 5.39. The first kappa shape index (κ1) is 13.9. The standard InChI is InChI=1S/C13H28N2O/c1-3-4-5-6-7-14-13(2)12-15-8-10-16-11-9-15/h13-14H,3-12H2,1-2H3. The van der Waals surface area contributed by atoms with Gasteiger partial charge in [0.25, 0.3) is 0 Å². The highest BCUT2D eigenvalue weighted by Gasteiger charge is 2.12. The van der Waals surface area contributed by atoms with Crippen LogP contribution in [0.3, 0.4) is 0 Å². The molecule has 1 heterocycles. The minimum Gasteiger partial charge on any atom is -0.379 e. The third-order valence-corrected chi connectivity index (χ3v) is 3.16. The van der Waals surface area contributed by atoms with E-state index in [1.54, 1.807) is 0 Å². The Bertz CT molecular complexity index is 158. The van der Waals surface area contributed by atoms with E-state index in [9.17, 15) is 0 Å². The largest absolute Gasteiger partial charge is 0.379 e. The van der Waals surface area contributed by atoms with Gasteiger partial charge in [0.2, 0.25) is 0 Å². The second kappa shape index (κ2) is 8.97. The molecule has 1 unspecified atom stereocenters. The van der Waals surface area contributed by atoms with Crippen LogP contribution < -0.4 is 5.32 Å². The van der Waals surface area contributed by atoms with Crippen molar-refractivity contribution in [1.29, 1.82) is 0 Å². The average Bonchev–Trinajstić information content (AvgIpc) is 2.30. The van der Waals surface area contributed by atoms with Gasteiger partial charge < -0.3 is 10.1 Å². The van der Waals surface area contributed by atoms with E-state index in [0.29, 0.717) is 6.04 Å². The van der Waals surface area contributed by atoms with Crippen LogP contribution in [-0.2, 0) is 4.74 Å². The van der Waals surface area contributed by atoms with Crippen molar-refractivity contribution >= 4 is 0 Å². The molecule has 1 atom stereocenters.